The molecule has 1 aromatic carbocycles. The smallest absolute Gasteiger partial charge is 0.00695 e. The molecule has 0 heterocycles. The maximum atomic E-state index is 2.28. The molecule has 0 fully saturated rings. The van der Waals surface area contributed by atoms with Crippen molar-refractivity contribution in [3.05, 3.63) is 58.0 Å². The molecule has 1 aromatic rings. The van der Waals surface area contributed by atoms with E-state index < -0.39 is 0 Å². The second-order valence-electron chi connectivity index (χ2n) is 3.98. The summed E-state index contributed by atoms with van der Waals surface area (Å²) in [7, 11) is 0. The number of hydrogen-bond acceptors (Lipinski definition) is 0. The fourth-order valence-electron chi connectivity index (χ4n) is 2.43. The summed E-state index contributed by atoms with van der Waals surface area (Å²) >= 11 is 0. The van der Waals surface area contributed by atoms with Crippen LogP contribution in [0.15, 0.2) is 36.4 Å². The van der Waals surface area contributed by atoms with E-state index >= 15 is 0 Å². The van der Waals surface area contributed by atoms with Crippen molar-refractivity contribution in [2.45, 2.75) is 13.8 Å². The maximum absolute atomic E-state index is 2.28. The fourth-order valence-corrected chi connectivity index (χ4v) is 2.43. The predicted octanol–water partition coefficient (Wildman–Crippen LogP) is 3.57. The van der Waals surface area contributed by atoms with Crippen LogP contribution in [-0.2, 0) is 0 Å². The first-order valence-electron chi connectivity index (χ1n) is 4.99. The molecule has 0 atom stereocenters. The van der Waals surface area contributed by atoms with Gasteiger partial charge in [-0.05, 0) is 46.5 Å². The van der Waals surface area contributed by atoms with E-state index in [2.05, 4.69) is 50.2 Å². The summed E-state index contributed by atoms with van der Waals surface area (Å²) < 4.78 is 0. The van der Waals surface area contributed by atoms with Crippen LogP contribution in [0.5, 0.6) is 0 Å². The Bertz CT molecular complexity index is 592. The molecule has 0 N–H and O–H groups in total. The molecule has 0 saturated carbocycles. The Morgan fingerprint density at radius 3 is 2.21 bits per heavy atom. The van der Waals surface area contributed by atoms with Crippen LogP contribution in [0.4, 0.5) is 0 Å². The van der Waals surface area contributed by atoms with E-state index in [1.165, 1.54) is 32.7 Å². The van der Waals surface area contributed by atoms with Gasteiger partial charge in [0.25, 0.3) is 0 Å². The third-order valence-corrected chi connectivity index (χ3v) is 3.11. The van der Waals surface area contributed by atoms with E-state index in [1.54, 1.807) is 0 Å². The lowest BCUT2D eigenvalue weighted by Crippen LogP contribution is -2.02. The standard InChI is InChI=1S/C14H12/c1-9-8-12-13(9)10(2)14(12)11-6-4-3-5-7-11/h3-8H,1-2H3. The first-order chi connectivity index (χ1) is 6.79. The van der Waals surface area contributed by atoms with Crippen molar-refractivity contribution in [3.8, 4) is 11.1 Å². The first kappa shape index (κ1) is 7.81. The Kier molecular flexibility index (Phi) is 1.38. The number of benzene rings is 2. The highest BCUT2D eigenvalue weighted by Gasteiger charge is 2.16. The number of hydrogen-bond donors (Lipinski definition) is 0. The van der Waals surface area contributed by atoms with Gasteiger partial charge in [-0.2, -0.15) is 0 Å². The van der Waals surface area contributed by atoms with E-state index in [0.29, 0.717) is 0 Å². The van der Waals surface area contributed by atoms with Gasteiger partial charge in [0.2, 0.25) is 0 Å². The van der Waals surface area contributed by atoms with E-state index in [0.717, 1.165) is 0 Å². The van der Waals surface area contributed by atoms with Crippen molar-refractivity contribution in [1.82, 2.24) is 0 Å². The summed E-state index contributed by atoms with van der Waals surface area (Å²) in [6, 6.07) is 12.9. The normalized spacial score (nSPS) is 11.6. The molecular formula is C14H12. The van der Waals surface area contributed by atoms with Gasteiger partial charge in [-0.1, -0.05) is 36.4 Å². The van der Waals surface area contributed by atoms with Crippen LogP contribution in [0.25, 0.3) is 11.1 Å². The Hall–Kier alpha value is -1.56. The van der Waals surface area contributed by atoms with Gasteiger partial charge in [-0.15, -0.1) is 0 Å². The second-order valence-corrected chi connectivity index (χ2v) is 3.98. The van der Waals surface area contributed by atoms with Gasteiger partial charge < -0.3 is 0 Å². The Morgan fingerprint density at radius 2 is 1.64 bits per heavy atom. The number of aryl methyl sites for hydroxylation is 1. The highest BCUT2D eigenvalue weighted by molar-refractivity contribution is 5.74. The summed E-state index contributed by atoms with van der Waals surface area (Å²) in [5, 5.41) is 2.97. The first-order valence-corrected chi connectivity index (χ1v) is 4.99. The van der Waals surface area contributed by atoms with Gasteiger partial charge >= 0.3 is 0 Å². The van der Waals surface area contributed by atoms with Crippen molar-refractivity contribution in [1.29, 1.82) is 0 Å². The van der Waals surface area contributed by atoms with Crippen LogP contribution >= 0.6 is 0 Å². The van der Waals surface area contributed by atoms with Crippen LogP contribution in [-0.4, -0.2) is 0 Å². The molecular weight excluding hydrogens is 168 g/mol. The lowest BCUT2D eigenvalue weighted by Gasteiger charge is -2.20. The van der Waals surface area contributed by atoms with Crippen molar-refractivity contribution in [3.63, 3.8) is 0 Å². The summed E-state index contributed by atoms with van der Waals surface area (Å²) in [6.07, 6.45) is 0. The largest absolute Gasteiger partial charge is 0.0622 e. The monoisotopic (exact) mass is 180 g/mol. The second kappa shape index (κ2) is 2.48. The molecule has 0 aliphatic heterocycles. The predicted molar refractivity (Wildman–Crippen MR) is 59.0 cm³/mol. The molecule has 0 aromatic heterocycles. The molecule has 0 unspecified atom stereocenters. The Balaban J connectivity index is 2.24. The highest BCUT2D eigenvalue weighted by Crippen LogP contribution is 2.35. The van der Waals surface area contributed by atoms with E-state index in [4.69, 9.17) is 0 Å². The zero-order valence-electron chi connectivity index (χ0n) is 8.46. The SMILES string of the molecule is Cc1cc2c(-c3ccccc3)c(C)c1=2. The lowest BCUT2D eigenvalue weighted by atomic mass is 9.84. The topological polar surface area (TPSA) is 0 Å². The highest BCUT2D eigenvalue weighted by atomic mass is 14.2. The zero-order valence-corrected chi connectivity index (χ0v) is 8.46. The third-order valence-electron chi connectivity index (χ3n) is 3.11. The van der Waals surface area contributed by atoms with Gasteiger partial charge in [0.1, 0.15) is 0 Å². The molecule has 0 radical (unpaired) electrons. The molecule has 68 valence electrons. The average molecular weight is 180 g/mol. The molecule has 3 rings (SSSR count). The lowest BCUT2D eigenvalue weighted by molar-refractivity contribution is 1.19. The quantitative estimate of drug-likeness (QED) is 0.537. The van der Waals surface area contributed by atoms with E-state index in [1.807, 2.05) is 0 Å². The summed E-state index contributed by atoms with van der Waals surface area (Å²) in [5.41, 5.74) is 5.71. The molecule has 2 aliphatic rings. The zero-order chi connectivity index (χ0) is 9.71. The summed E-state index contributed by atoms with van der Waals surface area (Å²) in [5.74, 6) is 0. The molecule has 0 saturated heterocycles. The average Bonchev–Trinajstić information content (AvgIpc) is 2.17. The van der Waals surface area contributed by atoms with Crippen LogP contribution in [0, 0.1) is 24.3 Å². The van der Waals surface area contributed by atoms with Gasteiger partial charge in [0.15, 0.2) is 0 Å². The minimum atomic E-state index is 1.35. The Morgan fingerprint density at radius 1 is 0.929 bits per heavy atom. The molecule has 0 spiro atoms. The molecule has 0 bridgehead atoms. The van der Waals surface area contributed by atoms with Crippen LogP contribution < -0.4 is 0 Å². The molecule has 0 nitrogen and oxygen atoms in total. The minimum Gasteiger partial charge on any atom is -0.0622 e. The molecule has 14 heavy (non-hydrogen) atoms. The van der Waals surface area contributed by atoms with Crippen molar-refractivity contribution < 1.29 is 0 Å². The van der Waals surface area contributed by atoms with Crippen molar-refractivity contribution in [2.75, 3.05) is 0 Å². The van der Waals surface area contributed by atoms with Crippen LogP contribution in [0.1, 0.15) is 11.1 Å². The number of rotatable bonds is 1. The van der Waals surface area contributed by atoms with Gasteiger partial charge in [-0.3, -0.25) is 0 Å². The minimum absolute atomic E-state index is 1.35. The van der Waals surface area contributed by atoms with E-state index in [-0.39, 0.29) is 0 Å². The molecule has 2 aliphatic carbocycles. The summed E-state index contributed by atoms with van der Waals surface area (Å²) in [4.78, 5) is 0. The van der Waals surface area contributed by atoms with Gasteiger partial charge in [0.05, 0.1) is 0 Å². The Labute approximate surface area is 83.5 Å². The van der Waals surface area contributed by atoms with E-state index in [9.17, 15) is 0 Å². The van der Waals surface area contributed by atoms with Crippen molar-refractivity contribution in [2.24, 2.45) is 0 Å². The van der Waals surface area contributed by atoms with Crippen molar-refractivity contribution >= 4 is 0 Å². The van der Waals surface area contributed by atoms with Crippen LogP contribution in [0.3, 0.4) is 0 Å². The maximum Gasteiger partial charge on any atom is -0.00695 e. The molecule has 0 amide bonds. The van der Waals surface area contributed by atoms with Crippen LogP contribution in [0.2, 0.25) is 0 Å². The summed E-state index contributed by atoms with van der Waals surface area (Å²) in [6.45, 7) is 4.40. The van der Waals surface area contributed by atoms with Gasteiger partial charge in [0, 0.05) is 0 Å². The third kappa shape index (κ3) is 0.784. The fraction of sp³-hybridized carbons (Fsp3) is 0.143. The molecule has 0 heteroatoms. The van der Waals surface area contributed by atoms with Gasteiger partial charge in [-0.25, -0.2) is 0 Å².